The van der Waals surface area contributed by atoms with Gasteiger partial charge in [0, 0.05) is 6.42 Å². The fourth-order valence-corrected chi connectivity index (χ4v) is 0.848. The van der Waals surface area contributed by atoms with E-state index in [1.165, 1.54) is 6.08 Å². The largest absolute Gasteiger partial charge is 0.481 e. The summed E-state index contributed by atoms with van der Waals surface area (Å²) >= 11 is 0. The van der Waals surface area contributed by atoms with Crippen molar-refractivity contribution in [3.63, 3.8) is 0 Å². The van der Waals surface area contributed by atoms with Crippen molar-refractivity contribution in [2.24, 2.45) is 0 Å². The van der Waals surface area contributed by atoms with Gasteiger partial charge in [-0.15, -0.1) is 0 Å². The lowest BCUT2D eigenvalue weighted by Crippen LogP contribution is -2.16. The molecule has 2 N–H and O–H groups in total. The van der Waals surface area contributed by atoms with Crippen molar-refractivity contribution < 1.29 is 19.8 Å². The van der Waals surface area contributed by atoms with Crippen LogP contribution >= 0.6 is 0 Å². The normalized spacial score (nSPS) is 13.6. The first-order valence-electron chi connectivity index (χ1n) is 4.28. The number of aliphatic hydroxyl groups excluding tert-OH is 1. The summed E-state index contributed by atoms with van der Waals surface area (Å²) in [6.45, 7) is 1.81. The number of rotatable bonds is 6. The maximum absolute atomic E-state index is 11.0. The fourth-order valence-electron chi connectivity index (χ4n) is 0.848. The van der Waals surface area contributed by atoms with Crippen LogP contribution < -0.4 is 0 Å². The number of carbonyl (C=O) groups is 2. The standard InChI is InChI=1S/C10H14O4/c1-2-3-4-5-8(11)6-9(12)7-10(13)14/h2-5,9,12H,6-7H2,1H3,(H,13,14). The fraction of sp³-hybridized carbons (Fsp3) is 0.400. The second kappa shape index (κ2) is 7.03. The molecule has 0 saturated heterocycles. The van der Waals surface area contributed by atoms with Crippen LogP contribution in [0.4, 0.5) is 0 Å². The Morgan fingerprint density at radius 2 is 1.93 bits per heavy atom. The maximum atomic E-state index is 11.0. The van der Waals surface area contributed by atoms with Gasteiger partial charge in [-0.2, -0.15) is 0 Å². The Bertz CT molecular complexity index is 253. The van der Waals surface area contributed by atoms with E-state index in [2.05, 4.69) is 0 Å². The molecule has 78 valence electrons. The van der Waals surface area contributed by atoms with E-state index in [1.807, 2.05) is 6.92 Å². The number of hydrogen-bond acceptors (Lipinski definition) is 3. The molecule has 4 nitrogen and oxygen atoms in total. The molecule has 0 radical (unpaired) electrons. The summed E-state index contributed by atoms with van der Waals surface area (Å²) < 4.78 is 0. The highest BCUT2D eigenvalue weighted by molar-refractivity contribution is 5.90. The van der Waals surface area contributed by atoms with Crippen LogP contribution in [0.15, 0.2) is 24.3 Å². The van der Waals surface area contributed by atoms with E-state index in [1.54, 1.807) is 18.2 Å². The van der Waals surface area contributed by atoms with E-state index in [0.29, 0.717) is 0 Å². The van der Waals surface area contributed by atoms with Crippen molar-refractivity contribution in [2.75, 3.05) is 0 Å². The molecular formula is C10H14O4. The molecule has 4 heteroatoms. The number of carboxylic acid groups (broad SMARTS) is 1. The van der Waals surface area contributed by atoms with Crippen molar-refractivity contribution >= 4 is 11.8 Å². The SMILES string of the molecule is CC=CC=CC(=O)CC(O)CC(=O)O. The predicted octanol–water partition coefficient (Wildman–Crippen LogP) is 0.913. The maximum Gasteiger partial charge on any atom is 0.305 e. The van der Waals surface area contributed by atoms with E-state index in [-0.39, 0.29) is 12.2 Å². The summed E-state index contributed by atoms with van der Waals surface area (Å²) in [6.07, 6.45) is 4.65. The van der Waals surface area contributed by atoms with Gasteiger partial charge < -0.3 is 10.2 Å². The number of carboxylic acids is 1. The van der Waals surface area contributed by atoms with Crippen LogP contribution in [-0.4, -0.2) is 28.1 Å². The average molecular weight is 198 g/mol. The van der Waals surface area contributed by atoms with Crippen molar-refractivity contribution in [2.45, 2.75) is 25.9 Å². The Kier molecular flexibility index (Phi) is 6.32. The monoisotopic (exact) mass is 198 g/mol. The van der Waals surface area contributed by atoms with Gasteiger partial charge in [0.05, 0.1) is 12.5 Å². The molecular weight excluding hydrogens is 184 g/mol. The third kappa shape index (κ3) is 7.24. The molecule has 1 atom stereocenters. The van der Waals surface area contributed by atoms with Crippen molar-refractivity contribution in [3.8, 4) is 0 Å². The molecule has 0 spiro atoms. The van der Waals surface area contributed by atoms with Crippen molar-refractivity contribution in [1.29, 1.82) is 0 Å². The van der Waals surface area contributed by atoms with E-state index in [0.717, 1.165) is 0 Å². The Labute approximate surface area is 82.6 Å². The van der Waals surface area contributed by atoms with E-state index < -0.39 is 18.5 Å². The molecule has 0 rings (SSSR count). The first-order valence-corrected chi connectivity index (χ1v) is 4.28. The average Bonchev–Trinajstić information content (AvgIpc) is 2.02. The molecule has 0 aromatic carbocycles. The summed E-state index contributed by atoms with van der Waals surface area (Å²) in [7, 11) is 0. The zero-order valence-electron chi connectivity index (χ0n) is 8.01. The van der Waals surface area contributed by atoms with Gasteiger partial charge in [-0.25, -0.2) is 0 Å². The van der Waals surface area contributed by atoms with Crippen LogP contribution in [-0.2, 0) is 9.59 Å². The zero-order chi connectivity index (χ0) is 11.0. The van der Waals surface area contributed by atoms with Crippen LogP contribution in [0, 0.1) is 0 Å². The second-order valence-corrected chi connectivity index (χ2v) is 2.81. The quantitative estimate of drug-likeness (QED) is 0.491. The van der Waals surface area contributed by atoms with Gasteiger partial charge in [0.25, 0.3) is 0 Å². The topological polar surface area (TPSA) is 74.6 Å². The summed E-state index contributed by atoms with van der Waals surface area (Å²) in [6, 6.07) is 0. The van der Waals surface area contributed by atoms with Gasteiger partial charge in [0.2, 0.25) is 0 Å². The molecule has 1 unspecified atom stereocenters. The number of carbonyl (C=O) groups excluding carboxylic acids is 1. The highest BCUT2D eigenvalue weighted by Crippen LogP contribution is 1.99. The predicted molar refractivity (Wildman–Crippen MR) is 51.8 cm³/mol. The smallest absolute Gasteiger partial charge is 0.305 e. The minimum absolute atomic E-state index is 0.152. The number of aliphatic hydroxyl groups is 1. The molecule has 0 amide bonds. The van der Waals surface area contributed by atoms with E-state index in [4.69, 9.17) is 10.2 Å². The summed E-state index contributed by atoms with van der Waals surface area (Å²) in [5, 5.41) is 17.4. The minimum Gasteiger partial charge on any atom is -0.481 e. The van der Waals surface area contributed by atoms with Crippen LogP contribution in [0.2, 0.25) is 0 Å². The van der Waals surface area contributed by atoms with Crippen molar-refractivity contribution in [3.05, 3.63) is 24.3 Å². The van der Waals surface area contributed by atoms with E-state index in [9.17, 15) is 9.59 Å². The summed E-state index contributed by atoms with van der Waals surface area (Å²) in [4.78, 5) is 21.2. The molecule has 0 saturated carbocycles. The molecule has 0 heterocycles. The summed E-state index contributed by atoms with van der Waals surface area (Å²) in [5.74, 6) is -1.39. The lowest BCUT2D eigenvalue weighted by atomic mass is 10.1. The lowest BCUT2D eigenvalue weighted by Gasteiger charge is -2.03. The molecule has 0 aliphatic heterocycles. The third-order valence-electron chi connectivity index (χ3n) is 1.43. The van der Waals surface area contributed by atoms with Crippen LogP contribution in [0.3, 0.4) is 0 Å². The Morgan fingerprint density at radius 3 is 2.43 bits per heavy atom. The van der Waals surface area contributed by atoms with Gasteiger partial charge >= 0.3 is 5.97 Å². The Hall–Kier alpha value is -1.42. The van der Waals surface area contributed by atoms with Crippen LogP contribution in [0.1, 0.15) is 19.8 Å². The van der Waals surface area contributed by atoms with Crippen molar-refractivity contribution in [1.82, 2.24) is 0 Å². The van der Waals surface area contributed by atoms with Crippen LogP contribution in [0.25, 0.3) is 0 Å². The van der Waals surface area contributed by atoms with E-state index >= 15 is 0 Å². The second-order valence-electron chi connectivity index (χ2n) is 2.81. The molecule has 0 aliphatic carbocycles. The first-order chi connectivity index (χ1) is 6.56. The Morgan fingerprint density at radius 1 is 1.29 bits per heavy atom. The molecule has 0 aromatic heterocycles. The highest BCUT2D eigenvalue weighted by Gasteiger charge is 2.11. The van der Waals surface area contributed by atoms with Gasteiger partial charge in [0.1, 0.15) is 0 Å². The first kappa shape index (κ1) is 12.6. The highest BCUT2D eigenvalue weighted by atomic mass is 16.4. The van der Waals surface area contributed by atoms with Gasteiger partial charge in [-0.1, -0.05) is 18.2 Å². The minimum atomic E-state index is -1.11. The summed E-state index contributed by atoms with van der Waals surface area (Å²) in [5.41, 5.74) is 0. The van der Waals surface area contributed by atoms with Gasteiger partial charge in [-0.05, 0) is 13.0 Å². The zero-order valence-corrected chi connectivity index (χ0v) is 8.01. The number of ketones is 1. The Balaban J connectivity index is 3.87. The lowest BCUT2D eigenvalue weighted by molar-refractivity contribution is -0.139. The van der Waals surface area contributed by atoms with Gasteiger partial charge in [-0.3, -0.25) is 9.59 Å². The van der Waals surface area contributed by atoms with Gasteiger partial charge in [0.15, 0.2) is 5.78 Å². The molecule has 0 aromatic rings. The number of allylic oxidation sites excluding steroid dienone is 4. The number of aliphatic carboxylic acids is 1. The molecule has 14 heavy (non-hydrogen) atoms. The number of hydrogen-bond donors (Lipinski definition) is 2. The van der Waals surface area contributed by atoms with Crippen LogP contribution in [0.5, 0.6) is 0 Å². The third-order valence-corrected chi connectivity index (χ3v) is 1.43. The molecule has 0 bridgehead atoms. The molecule has 0 aliphatic rings. The molecule has 0 fully saturated rings.